The van der Waals surface area contributed by atoms with E-state index in [1.165, 1.54) is 40.1 Å². The van der Waals surface area contributed by atoms with Gasteiger partial charge in [0.25, 0.3) is 0 Å². The maximum Gasteiger partial charge on any atom is 0.185 e. The third-order valence-electron chi connectivity index (χ3n) is 6.29. The maximum absolute atomic E-state index is 9.56. The number of benzene rings is 1. The Hall–Kier alpha value is -1.43. The lowest BCUT2D eigenvalue weighted by Crippen LogP contribution is -2.40. The minimum atomic E-state index is -0.386. The Balaban J connectivity index is 1.57. The molecule has 4 nitrogen and oxygen atoms in total. The minimum absolute atomic E-state index is 0.0903. The summed E-state index contributed by atoms with van der Waals surface area (Å²) in [6, 6.07) is 6.97. The predicted octanol–water partition coefficient (Wildman–Crippen LogP) is 4.10. The quantitative estimate of drug-likeness (QED) is 0.786. The molecule has 0 bridgehead atoms. The smallest absolute Gasteiger partial charge is 0.185 e. The molecule has 0 amide bonds. The minimum Gasteiger partial charge on any atom is -0.394 e. The molecule has 0 radical (unpaired) electrons. The maximum atomic E-state index is 9.56. The van der Waals surface area contributed by atoms with Gasteiger partial charge in [-0.3, -0.25) is 0 Å². The summed E-state index contributed by atoms with van der Waals surface area (Å²) in [7, 11) is 2.16. The van der Waals surface area contributed by atoms with Crippen molar-refractivity contribution in [2.24, 2.45) is 5.73 Å². The van der Waals surface area contributed by atoms with E-state index in [0.717, 1.165) is 43.8 Å². The summed E-state index contributed by atoms with van der Waals surface area (Å²) in [6.45, 7) is 3.39. The van der Waals surface area contributed by atoms with E-state index in [1.54, 1.807) is 0 Å². The first kappa shape index (κ1) is 18.9. The van der Waals surface area contributed by atoms with Crippen LogP contribution in [0.5, 0.6) is 0 Å². The average Bonchev–Trinajstić information content (AvgIpc) is 3.30. The zero-order valence-electron chi connectivity index (χ0n) is 16.5. The molecule has 2 atom stereocenters. The monoisotopic (exact) mass is 385 g/mol. The van der Waals surface area contributed by atoms with E-state index in [-0.39, 0.29) is 12.1 Å². The Kier molecular flexibility index (Phi) is 5.28. The molecule has 27 heavy (non-hydrogen) atoms. The second-order valence-electron chi connectivity index (χ2n) is 8.42. The van der Waals surface area contributed by atoms with Crippen molar-refractivity contribution < 1.29 is 5.11 Å². The molecule has 0 aliphatic heterocycles. The molecule has 1 heterocycles. The predicted molar refractivity (Wildman–Crippen MR) is 114 cm³/mol. The number of unbranched alkanes of at least 4 members (excludes halogenated alkanes) is 1. The second kappa shape index (κ2) is 7.53. The van der Waals surface area contributed by atoms with Gasteiger partial charge in [0, 0.05) is 19.1 Å². The van der Waals surface area contributed by atoms with Crippen LogP contribution >= 0.6 is 11.3 Å². The topological polar surface area (TPSA) is 62.4 Å². The van der Waals surface area contributed by atoms with E-state index in [4.69, 9.17) is 10.7 Å². The summed E-state index contributed by atoms with van der Waals surface area (Å²) in [6.07, 6.45) is 7.40. The fraction of sp³-hybridized carbons (Fsp3) is 0.591. The highest BCUT2D eigenvalue weighted by Crippen LogP contribution is 2.44. The molecule has 0 unspecified atom stereocenters. The number of hydrogen-bond donors (Lipinski definition) is 2. The molecule has 1 aromatic carbocycles. The largest absolute Gasteiger partial charge is 0.394 e. The Morgan fingerprint density at radius 3 is 2.96 bits per heavy atom. The van der Waals surface area contributed by atoms with Crippen LogP contribution < -0.4 is 10.6 Å². The molecule has 0 saturated heterocycles. The Morgan fingerprint density at radius 1 is 1.37 bits per heavy atom. The highest BCUT2D eigenvalue weighted by atomic mass is 32.1. The number of thiazole rings is 1. The molecule has 1 aromatic heterocycles. The number of aliphatic hydroxyl groups excluding tert-OH is 1. The number of aryl methyl sites for hydroxylation is 2. The van der Waals surface area contributed by atoms with Gasteiger partial charge in [0.2, 0.25) is 0 Å². The summed E-state index contributed by atoms with van der Waals surface area (Å²) in [5.41, 5.74) is 11.4. The van der Waals surface area contributed by atoms with Crippen molar-refractivity contribution in [1.82, 2.24) is 4.98 Å². The zero-order valence-corrected chi connectivity index (χ0v) is 17.3. The van der Waals surface area contributed by atoms with Gasteiger partial charge in [-0.15, -0.1) is 0 Å². The van der Waals surface area contributed by atoms with Crippen LogP contribution in [0.4, 0.5) is 5.13 Å². The Labute approximate surface area is 166 Å². The molecule has 2 aliphatic carbocycles. The van der Waals surface area contributed by atoms with Crippen LogP contribution in [-0.2, 0) is 12.8 Å². The van der Waals surface area contributed by atoms with Gasteiger partial charge in [-0.1, -0.05) is 42.9 Å². The Morgan fingerprint density at radius 2 is 2.22 bits per heavy atom. The van der Waals surface area contributed by atoms with Crippen molar-refractivity contribution in [2.75, 3.05) is 25.1 Å². The van der Waals surface area contributed by atoms with Crippen molar-refractivity contribution in [1.29, 1.82) is 0 Å². The third-order valence-corrected chi connectivity index (χ3v) is 7.54. The van der Waals surface area contributed by atoms with E-state index in [0.29, 0.717) is 5.92 Å². The molecule has 4 rings (SSSR count). The number of fused-ring (bicyclic) bond motifs is 3. The summed E-state index contributed by atoms with van der Waals surface area (Å²) in [5.74, 6) is 0.478. The van der Waals surface area contributed by atoms with Crippen LogP contribution in [0.2, 0.25) is 0 Å². The molecule has 146 valence electrons. The number of anilines is 1. The van der Waals surface area contributed by atoms with Gasteiger partial charge in [0.05, 0.1) is 17.2 Å². The van der Waals surface area contributed by atoms with Crippen LogP contribution in [0, 0.1) is 0 Å². The molecule has 1 saturated carbocycles. The van der Waals surface area contributed by atoms with Crippen molar-refractivity contribution in [3.63, 3.8) is 0 Å². The van der Waals surface area contributed by atoms with Gasteiger partial charge in [0.1, 0.15) is 0 Å². The van der Waals surface area contributed by atoms with Crippen molar-refractivity contribution in [3.05, 3.63) is 35.0 Å². The van der Waals surface area contributed by atoms with Gasteiger partial charge >= 0.3 is 0 Å². The van der Waals surface area contributed by atoms with E-state index in [9.17, 15) is 5.11 Å². The van der Waals surface area contributed by atoms with Gasteiger partial charge in [-0.05, 0) is 61.1 Å². The van der Waals surface area contributed by atoms with Crippen LogP contribution in [0.15, 0.2) is 18.2 Å². The summed E-state index contributed by atoms with van der Waals surface area (Å²) < 4.78 is 0. The lowest BCUT2D eigenvalue weighted by Gasteiger charge is -2.22. The molecule has 1 fully saturated rings. The standard InChI is InChI=1S/C22H31N3OS/c1-3-4-11-25(2)21-24-19-8-6-16-12-15(5-7-18(16)20(19)27-21)17-9-10-22(23,13-17)14-26/h5,7,12,17,26H,3-4,6,8-11,13-14,23H2,1-2H3/t17-,22+/m0/s1. The lowest BCUT2D eigenvalue weighted by molar-refractivity contribution is 0.198. The highest BCUT2D eigenvalue weighted by Gasteiger charge is 2.36. The fourth-order valence-corrected chi connectivity index (χ4v) is 5.67. The van der Waals surface area contributed by atoms with Crippen molar-refractivity contribution >= 4 is 16.5 Å². The van der Waals surface area contributed by atoms with Crippen LogP contribution in [0.25, 0.3) is 10.4 Å². The number of rotatable bonds is 6. The van der Waals surface area contributed by atoms with Gasteiger partial charge < -0.3 is 15.7 Å². The number of nitrogens with zero attached hydrogens (tertiary/aromatic N) is 2. The molecular weight excluding hydrogens is 354 g/mol. The average molecular weight is 386 g/mol. The third kappa shape index (κ3) is 3.65. The number of aromatic nitrogens is 1. The molecule has 3 N–H and O–H groups in total. The van der Waals surface area contributed by atoms with Crippen LogP contribution in [0.3, 0.4) is 0 Å². The summed E-state index contributed by atoms with van der Waals surface area (Å²) in [4.78, 5) is 8.59. The first-order valence-electron chi connectivity index (χ1n) is 10.3. The summed E-state index contributed by atoms with van der Waals surface area (Å²) in [5, 5.41) is 10.7. The number of nitrogens with two attached hydrogens (primary N) is 1. The van der Waals surface area contributed by atoms with E-state index in [2.05, 4.69) is 37.1 Å². The van der Waals surface area contributed by atoms with Crippen molar-refractivity contribution in [2.45, 2.75) is 63.3 Å². The molecule has 2 aliphatic rings. The van der Waals surface area contributed by atoms with Crippen LogP contribution in [0.1, 0.15) is 61.8 Å². The van der Waals surface area contributed by atoms with Gasteiger partial charge in [-0.2, -0.15) is 0 Å². The number of hydrogen-bond acceptors (Lipinski definition) is 5. The fourth-order valence-electron chi connectivity index (χ4n) is 4.51. The van der Waals surface area contributed by atoms with E-state index < -0.39 is 0 Å². The SMILES string of the molecule is CCCCN(C)c1nc2c(s1)-c1ccc([C@H]3CC[C@](N)(CO)C3)cc1CC2. The number of aliphatic hydroxyl groups is 1. The normalized spacial score (nSPS) is 23.9. The van der Waals surface area contributed by atoms with Crippen molar-refractivity contribution in [3.8, 4) is 10.4 Å². The van der Waals surface area contributed by atoms with E-state index in [1.807, 2.05) is 11.3 Å². The highest BCUT2D eigenvalue weighted by molar-refractivity contribution is 7.19. The zero-order chi connectivity index (χ0) is 19.0. The summed E-state index contributed by atoms with van der Waals surface area (Å²) >= 11 is 1.84. The lowest BCUT2D eigenvalue weighted by atomic mass is 9.87. The van der Waals surface area contributed by atoms with Gasteiger partial charge in [0.15, 0.2) is 5.13 Å². The molecule has 0 spiro atoms. The molecular formula is C22H31N3OS. The first-order valence-corrected chi connectivity index (χ1v) is 11.1. The second-order valence-corrected chi connectivity index (χ2v) is 9.40. The van der Waals surface area contributed by atoms with Gasteiger partial charge in [-0.25, -0.2) is 4.98 Å². The first-order chi connectivity index (χ1) is 13.0. The molecule has 2 aromatic rings. The molecule has 5 heteroatoms. The van der Waals surface area contributed by atoms with E-state index >= 15 is 0 Å². The Bertz CT molecular complexity index is 818. The van der Waals surface area contributed by atoms with Crippen LogP contribution in [-0.4, -0.2) is 35.8 Å².